The first-order valence-corrected chi connectivity index (χ1v) is 3.86. The summed E-state index contributed by atoms with van der Waals surface area (Å²) in [6, 6.07) is 1.36. The van der Waals surface area contributed by atoms with Gasteiger partial charge in [0.1, 0.15) is 11.5 Å². The van der Waals surface area contributed by atoms with Crippen molar-refractivity contribution in [1.82, 2.24) is 0 Å². The van der Waals surface area contributed by atoms with Gasteiger partial charge < -0.3 is 9.15 Å². The van der Waals surface area contributed by atoms with Crippen LogP contribution in [0, 0.1) is 6.92 Å². The van der Waals surface area contributed by atoms with Crippen molar-refractivity contribution in [3.05, 3.63) is 27.8 Å². The fourth-order valence-corrected chi connectivity index (χ4v) is 1.13. The molecular formula is C9H12O3. The number of ether oxygens (including phenoxy) is 1. The molecule has 0 atom stereocenters. The van der Waals surface area contributed by atoms with E-state index in [1.54, 1.807) is 7.11 Å². The molecule has 3 nitrogen and oxygen atoms in total. The predicted octanol–water partition coefficient (Wildman–Crippen LogP) is 1.52. The Morgan fingerprint density at radius 3 is 2.75 bits per heavy atom. The maximum Gasteiger partial charge on any atom is 0.339 e. The topological polar surface area (TPSA) is 39.4 Å². The minimum Gasteiger partial charge on any atom is -0.496 e. The van der Waals surface area contributed by atoms with Gasteiger partial charge in [-0.1, -0.05) is 6.92 Å². The molecular weight excluding hydrogens is 156 g/mol. The van der Waals surface area contributed by atoms with Crippen LogP contribution in [0.4, 0.5) is 0 Å². The normalized spacial score (nSPS) is 9.92. The second-order valence-electron chi connectivity index (χ2n) is 2.54. The molecule has 1 aromatic heterocycles. The van der Waals surface area contributed by atoms with Gasteiger partial charge in [0.05, 0.1) is 13.2 Å². The third kappa shape index (κ3) is 1.49. The fourth-order valence-electron chi connectivity index (χ4n) is 1.13. The van der Waals surface area contributed by atoms with Gasteiger partial charge in [-0.05, 0) is 6.92 Å². The summed E-state index contributed by atoms with van der Waals surface area (Å²) < 4.78 is 9.97. The number of aryl methyl sites for hydroxylation is 1. The quantitative estimate of drug-likeness (QED) is 0.672. The third-order valence-corrected chi connectivity index (χ3v) is 1.80. The Kier molecular flexibility index (Phi) is 2.53. The lowest BCUT2D eigenvalue weighted by atomic mass is 10.2. The van der Waals surface area contributed by atoms with E-state index in [1.807, 2.05) is 13.8 Å². The van der Waals surface area contributed by atoms with Gasteiger partial charge >= 0.3 is 5.63 Å². The smallest absolute Gasteiger partial charge is 0.339 e. The average molecular weight is 168 g/mol. The molecule has 0 amide bonds. The molecule has 0 bridgehead atoms. The molecule has 0 aliphatic heterocycles. The van der Waals surface area contributed by atoms with Crippen LogP contribution in [-0.4, -0.2) is 7.11 Å². The second kappa shape index (κ2) is 3.43. The highest BCUT2D eigenvalue weighted by atomic mass is 16.5. The maximum absolute atomic E-state index is 10.9. The van der Waals surface area contributed by atoms with Gasteiger partial charge in [0.25, 0.3) is 0 Å². The highest BCUT2D eigenvalue weighted by Gasteiger charge is 2.06. The summed E-state index contributed by atoms with van der Waals surface area (Å²) >= 11 is 0. The summed E-state index contributed by atoms with van der Waals surface area (Å²) in [6.45, 7) is 3.81. The molecule has 0 saturated heterocycles. The molecule has 3 heteroatoms. The van der Waals surface area contributed by atoms with Crippen molar-refractivity contribution in [2.45, 2.75) is 20.3 Å². The van der Waals surface area contributed by atoms with Crippen LogP contribution in [0.1, 0.15) is 18.2 Å². The van der Waals surface area contributed by atoms with Gasteiger partial charge in [-0.2, -0.15) is 0 Å². The van der Waals surface area contributed by atoms with E-state index in [0.29, 0.717) is 17.9 Å². The Balaban J connectivity index is 3.32. The highest BCUT2D eigenvalue weighted by molar-refractivity contribution is 5.32. The largest absolute Gasteiger partial charge is 0.496 e. The zero-order chi connectivity index (χ0) is 9.14. The summed E-state index contributed by atoms with van der Waals surface area (Å²) in [7, 11) is 1.54. The van der Waals surface area contributed by atoms with Crippen molar-refractivity contribution in [2.75, 3.05) is 7.11 Å². The van der Waals surface area contributed by atoms with E-state index in [9.17, 15) is 4.79 Å². The molecule has 0 unspecified atom stereocenters. The van der Waals surface area contributed by atoms with Crippen LogP contribution < -0.4 is 10.4 Å². The predicted molar refractivity (Wildman–Crippen MR) is 45.6 cm³/mol. The summed E-state index contributed by atoms with van der Waals surface area (Å²) in [5.41, 5.74) is 0.550. The monoisotopic (exact) mass is 168 g/mol. The van der Waals surface area contributed by atoms with Crippen LogP contribution >= 0.6 is 0 Å². The van der Waals surface area contributed by atoms with Crippen molar-refractivity contribution in [1.29, 1.82) is 0 Å². The lowest BCUT2D eigenvalue weighted by molar-refractivity contribution is 0.387. The molecule has 0 aromatic carbocycles. The van der Waals surface area contributed by atoms with E-state index in [-0.39, 0.29) is 5.63 Å². The second-order valence-corrected chi connectivity index (χ2v) is 2.54. The van der Waals surface area contributed by atoms with E-state index in [2.05, 4.69) is 0 Å². The van der Waals surface area contributed by atoms with E-state index in [1.165, 1.54) is 6.07 Å². The van der Waals surface area contributed by atoms with Gasteiger partial charge in [0, 0.05) is 12.0 Å². The van der Waals surface area contributed by atoms with Gasteiger partial charge in [0.15, 0.2) is 0 Å². The van der Waals surface area contributed by atoms with Crippen LogP contribution in [0.2, 0.25) is 0 Å². The van der Waals surface area contributed by atoms with Crippen LogP contribution in [-0.2, 0) is 6.42 Å². The number of hydrogen-bond donors (Lipinski definition) is 0. The van der Waals surface area contributed by atoms with Gasteiger partial charge in [-0.25, -0.2) is 4.79 Å². The van der Waals surface area contributed by atoms with Crippen LogP contribution in [0.15, 0.2) is 15.3 Å². The SMILES string of the molecule is CCc1oc(=O)cc(OC)c1C. The zero-order valence-electron chi connectivity index (χ0n) is 7.51. The van der Waals surface area contributed by atoms with Crippen molar-refractivity contribution < 1.29 is 9.15 Å². The van der Waals surface area contributed by atoms with Crippen LogP contribution in [0.5, 0.6) is 5.75 Å². The van der Waals surface area contributed by atoms with E-state index >= 15 is 0 Å². The molecule has 0 aliphatic carbocycles. The molecule has 0 fully saturated rings. The number of hydrogen-bond acceptors (Lipinski definition) is 3. The maximum atomic E-state index is 10.9. The summed E-state index contributed by atoms with van der Waals surface area (Å²) in [5.74, 6) is 1.29. The molecule has 1 rings (SSSR count). The third-order valence-electron chi connectivity index (χ3n) is 1.80. The Bertz CT molecular complexity index is 297. The molecule has 0 N–H and O–H groups in total. The zero-order valence-corrected chi connectivity index (χ0v) is 7.51. The molecule has 0 spiro atoms. The molecule has 0 radical (unpaired) electrons. The first kappa shape index (κ1) is 8.84. The first-order chi connectivity index (χ1) is 5.69. The molecule has 0 aliphatic rings. The Morgan fingerprint density at radius 2 is 2.25 bits per heavy atom. The Hall–Kier alpha value is -1.25. The van der Waals surface area contributed by atoms with Gasteiger partial charge in [0.2, 0.25) is 0 Å². The van der Waals surface area contributed by atoms with Gasteiger partial charge in [-0.15, -0.1) is 0 Å². The van der Waals surface area contributed by atoms with Crippen molar-refractivity contribution in [3.8, 4) is 5.75 Å². The van der Waals surface area contributed by atoms with E-state index in [0.717, 1.165) is 5.56 Å². The van der Waals surface area contributed by atoms with Crippen LogP contribution in [0.25, 0.3) is 0 Å². The molecule has 1 aromatic rings. The molecule has 12 heavy (non-hydrogen) atoms. The first-order valence-electron chi connectivity index (χ1n) is 3.86. The van der Waals surface area contributed by atoms with Gasteiger partial charge in [-0.3, -0.25) is 0 Å². The Morgan fingerprint density at radius 1 is 1.58 bits per heavy atom. The average Bonchev–Trinajstić information content (AvgIpc) is 2.08. The van der Waals surface area contributed by atoms with Crippen molar-refractivity contribution >= 4 is 0 Å². The number of rotatable bonds is 2. The lowest BCUT2D eigenvalue weighted by Crippen LogP contribution is -2.03. The summed E-state index contributed by atoms with van der Waals surface area (Å²) in [4.78, 5) is 10.9. The van der Waals surface area contributed by atoms with Crippen LogP contribution in [0.3, 0.4) is 0 Å². The standard InChI is InChI=1S/C9H12O3/c1-4-7-6(2)8(11-3)5-9(10)12-7/h5H,4H2,1-3H3. The molecule has 1 heterocycles. The Labute approximate surface area is 71.0 Å². The van der Waals surface area contributed by atoms with E-state index in [4.69, 9.17) is 9.15 Å². The highest BCUT2D eigenvalue weighted by Crippen LogP contribution is 2.18. The van der Waals surface area contributed by atoms with E-state index < -0.39 is 0 Å². The minimum atomic E-state index is -0.352. The summed E-state index contributed by atoms with van der Waals surface area (Å²) in [6.07, 6.45) is 0.707. The number of methoxy groups -OCH3 is 1. The fraction of sp³-hybridized carbons (Fsp3) is 0.444. The van der Waals surface area contributed by atoms with Crippen molar-refractivity contribution in [3.63, 3.8) is 0 Å². The molecule has 66 valence electrons. The molecule has 0 saturated carbocycles. The van der Waals surface area contributed by atoms with Crippen molar-refractivity contribution in [2.24, 2.45) is 0 Å². The summed E-state index contributed by atoms with van der Waals surface area (Å²) in [5, 5.41) is 0. The lowest BCUT2D eigenvalue weighted by Gasteiger charge is -2.05. The minimum absolute atomic E-state index is 0.352.